The van der Waals surface area contributed by atoms with Gasteiger partial charge < -0.3 is 27.9 Å². The first-order valence-electron chi connectivity index (χ1n) is 21.0. The zero-order valence-corrected chi connectivity index (χ0v) is 35.8. The van der Waals surface area contributed by atoms with E-state index in [9.17, 15) is 19.0 Å². The number of allylic oxidation sites excluding steroid dienone is 9. The normalized spacial score (nSPS) is 14.3. The second-order valence-corrected chi connectivity index (χ2v) is 16.5. The molecule has 0 aromatic heterocycles. The first kappa shape index (κ1) is 51.7. The van der Waals surface area contributed by atoms with Crippen molar-refractivity contribution in [3.05, 3.63) is 60.8 Å². The molecule has 54 heavy (non-hydrogen) atoms. The molecule has 0 aromatic rings. The number of carbonyl (C=O) groups is 2. The van der Waals surface area contributed by atoms with Crippen LogP contribution < -0.4 is 4.89 Å². The number of carbonyl (C=O) groups excluding carboxylic acids is 2. The molecule has 0 heterocycles. The van der Waals surface area contributed by atoms with Gasteiger partial charge in [-0.3, -0.25) is 9.36 Å². The van der Waals surface area contributed by atoms with Crippen LogP contribution >= 0.6 is 7.82 Å². The summed E-state index contributed by atoms with van der Waals surface area (Å²) in [4.78, 5) is 37.3. The Morgan fingerprint density at radius 2 is 1.19 bits per heavy atom. The molecular weight excluding hydrogens is 701 g/mol. The molecule has 0 aromatic carbocycles. The Labute approximate surface area is 330 Å². The Morgan fingerprint density at radius 1 is 0.648 bits per heavy atom. The van der Waals surface area contributed by atoms with E-state index in [1.54, 1.807) is 12.2 Å². The van der Waals surface area contributed by atoms with Gasteiger partial charge in [-0.05, 0) is 51.4 Å². The molecule has 0 saturated heterocycles. The van der Waals surface area contributed by atoms with Gasteiger partial charge in [-0.15, -0.1) is 0 Å². The summed E-state index contributed by atoms with van der Waals surface area (Å²) in [5.41, 5.74) is 0. The van der Waals surface area contributed by atoms with Crippen molar-refractivity contribution in [3.8, 4) is 0 Å². The van der Waals surface area contributed by atoms with E-state index in [1.165, 1.54) is 70.3 Å². The molecule has 0 N–H and O–H groups in total. The smallest absolute Gasteiger partial charge is 0.331 e. The van der Waals surface area contributed by atoms with Gasteiger partial charge in [0.05, 0.1) is 27.7 Å². The Bertz CT molecular complexity index is 1110. The van der Waals surface area contributed by atoms with Crippen LogP contribution in [0.2, 0.25) is 0 Å². The summed E-state index contributed by atoms with van der Waals surface area (Å²) in [6.45, 7) is 3.95. The summed E-state index contributed by atoms with van der Waals surface area (Å²) in [7, 11) is 1.09. The van der Waals surface area contributed by atoms with Crippen molar-refractivity contribution in [1.29, 1.82) is 0 Å². The van der Waals surface area contributed by atoms with Gasteiger partial charge in [-0.1, -0.05) is 152 Å². The van der Waals surface area contributed by atoms with E-state index in [2.05, 4.69) is 50.3 Å². The average Bonchev–Trinajstić information content (AvgIpc) is 3.12. The van der Waals surface area contributed by atoms with Crippen LogP contribution in [0.3, 0.4) is 0 Å². The number of phosphoric ester groups is 1. The van der Waals surface area contributed by atoms with E-state index < -0.39 is 32.5 Å². The number of likely N-dealkylation sites (N-methyl/N-ethyl adjacent to an activating group) is 1. The largest absolute Gasteiger partial charge is 0.756 e. The van der Waals surface area contributed by atoms with Gasteiger partial charge in [-0.25, -0.2) is 4.79 Å². The molecule has 1 unspecified atom stereocenters. The zero-order valence-electron chi connectivity index (χ0n) is 34.9. The lowest BCUT2D eigenvalue weighted by molar-refractivity contribution is -0.870. The highest BCUT2D eigenvalue weighted by molar-refractivity contribution is 7.45. The van der Waals surface area contributed by atoms with Gasteiger partial charge in [0.25, 0.3) is 7.82 Å². The molecule has 0 aliphatic carbocycles. The van der Waals surface area contributed by atoms with Crippen LogP contribution in [0, 0.1) is 0 Å². The molecule has 0 bridgehead atoms. The molecule has 9 nitrogen and oxygen atoms in total. The molecule has 0 fully saturated rings. The quantitative estimate of drug-likeness (QED) is 0.0117. The summed E-state index contributed by atoms with van der Waals surface area (Å²) in [6, 6.07) is 0. The second-order valence-electron chi connectivity index (χ2n) is 15.0. The fraction of sp³-hybridized carbons (Fsp3) is 0.727. The minimum absolute atomic E-state index is 0.0519. The standard InChI is InChI=1S/C44H78NO8P/c1-6-8-10-12-14-16-18-20-22-24-26-28-30-32-34-36-43(46)50-40-42(41-52-54(48,49)51-39-38-45(3,4)5)53-44(47)37-35-33-31-29-27-25-23-21-19-17-15-13-11-9-7-2/h8,10,14,16,20,22,31,33,35,37,42H,6-7,9,11-13,15,17-19,21,23-30,32,34,36,38-41H2,1-5H3/b10-8+,16-14+,22-20+,33-31+,37-35+/t42-/m1/s1. The highest BCUT2D eigenvalue weighted by atomic mass is 31.2. The maximum Gasteiger partial charge on any atom is 0.331 e. The molecule has 0 aliphatic rings. The molecule has 0 spiro atoms. The summed E-state index contributed by atoms with van der Waals surface area (Å²) < 4.78 is 33.6. The van der Waals surface area contributed by atoms with Crippen molar-refractivity contribution in [2.45, 2.75) is 161 Å². The van der Waals surface area contributed by atoms with Crippen LogP contribution in [0.15, 0.2) is 60.8 Å². The Morgan fingerprint density at radius 3 is 1.78 bits per heavy atom. The maximum absolute atomic E-state index is 12.5. The van der Waals surface area contributed by atoms with Gasteiger partial charge >= 0.3 is 11.9 Å². The minimum atomic E-state index is -4.65. The van der Waals surface area contributed by atoms with Crippen molar-refractivity contribution in [2.75, 3.05) is 47.5 Å². The Hall–Kier alpha value is -2.29. The highest BCUT2D eigenvalue weighted by Gasteiger charge is 2.21. The van der Waals surface area contributed by atoms with E-state index in [1.807, 2.05) is 27.2 Å². The summed E-state index contributed by atoms with van der Waals surface area (Å²) >= 11 is 0. The van der Waals surface area contributed by atoms with Crippen LogP contribution in [0.4, 0.5) is 0 Å². The molecule has 0 rings (SSSR count). The van der Waals surface area contributed by atoms with Crippen LogP contribution in [0.25, 0.3) is 0 Å². The molecule has 0 aliphatic heterocycles. The van der Waals surface area contributed by atoms with Crippen molar-refractivity contribution in [2.24, 2.45) is 0 Å². The minimum Gasteiger partial charge on any atom is -0.756 e. The number of unbranched alkanes of at least 4 members (excludes halogenated alkanes) is 16. The molecule has 0 radical (unpaired) electrons. The number of hydrogen-bond acceptors (Lipinski definition) is 8. The summed E-state index contributed by atoms with van der Waals surface area (Å²) in [6.07, 6.45) is 43.1. The van der Waals surface area contributed by atoms with Gasteiger partial charge in [0, 0.05) is 12.5 Å². The number of hydrogen-bond donors (Lipinski definition) is 0. The monoisotopic (exact) mass is 780 g/mol. The number of quaternary nitrogens is 1. The van der Waals surface area contributed by atoms with Crippen LogP contribution in [-0.2, 0) is 32.7 Å². The fourth-order valence-corrected chi connectivity index (χ4v) is 6.07. The number of esters is 2. The molecule has 312 valence electrons. The van der Waals surface area contributed by atoms with Gasteiger partial charge in [0.15, 0.2) is 6.10 Å². The summed E-state index contributed by atoms with van der Waals surface area (Å²) in [5.74, 6) is -1.11. The predicted molar refractivity (Wildman–Crippen MR) is 222 cm³/mol. The Balaban J connectivity index is 4.53. The number of phosphoric acid groups is 1. The van der Waals surface area contributed by atoms with Crippen LogP contribution in [0.1, 0.15) is 155 Å². The van der Waals surface area contributed by atoms with Gasteiger partial charge in [0.1, 0.15) is 19.8 Å². The average molecular weight is 780 g/mol. The molecule has 10 heteroatoms. The SMILES string of the molecule is CC/C=C/C/C=C/C/C=C/CCCCCCCC(=O)OC[C@H](COP(=O)([O-])OCC[N+](C)(C)C)OC(=O)/C=C/C=C/CCCCCCCCCCCCC. The predicted octanol–water partition coefficient (Wildman–Crippen LogP) is 11.1. The summed E-state index contributed by atoms with van der Waals surface area (Å²) in [5, 5.41) is 0. The van der Waals surface area contributed by atoms with Crippen molar-refractivity contribution < 1.29 is 42.1 Å². The second kappa shape index (κ2) is 36.4. The van der Waals surface area contributed by atoms with Gasteiger partial charge in [-0.2, -0.15) is 0 Å². The zero-order chi connectivity index (χ0) is 40.0. The number of ether oxygens (including phenoxy) is 2. The van der Waals surface area contributed by atoms with E-state index in [0.29, 0.717) is 17.4 Å². The molecule has 2 atom stereocenters. The first-order chi connectivity index (χ1) is 26.0. The van der Waals surface area contributed by atoms with Crippen molar-refractivity contribution in [1.82, 2.24) is 0 Å². The third kappa shape index (κ3) is 39.4. The number of nitrogens with zero attached hydrogens (tertiary/aromatic N) is 1. The highest BCUT2D eigenvalue weighted by Crippen LogP contribution is 2.38. The number of rotatable bonds is 37. The first-order valence-corrected chi connectivity index (χ1v) is 22.5. The lowest BCUT2D eigenvalue weighted by Crippen LogP contribution is -2.37. The molecule has 0 amide bonds. The van der Waals surface area contributed by atoms with Crippen molar-refractivity contribution in [3.63, 3.8) is 0 Å². The van der Waals surface area contributed by atoms with Crippen LogP contribution in [-0.4, -0.2) is 70.0 Å². The molecule has 0 saturated carbocycles. The third-order valence-corrected chi connectivity index (χ3v) is 9.59. The lowest BCUT2D eigenvalue weighted by Gasteiger charge is -2.28. The molecular formula is C44H78NO8P. The van der Waals surface area contributed by atoms with Gasteiger partial charge in [0.2, 0.25) is 0 Å². The van der Waals surface area contributed by atoms with E-state index in [0.717, 1.165) is 64.2 Å². The van der Waals surface area contributed by atoms with E-state index >= 15 is 0 Å². The third-order valence-electron chi connectivity index (χ3n) is 8.63. The topological polar surface area (TPSA) is 111 Å². The van der Waals surface area contributed by atoms with Crippen LogP contribution in [0.5, 0.6) is 0 Å². The Kier molecular flexibility index (Phi) is 34.8. The van der Waals surface area contributed by atoms with E-state index in [-0.39, 0.29) is 19.6 Å². The lowest BCUT2D eigenvalue weighted by atomic mass is 10.1. The maximum atomic E-state index is 12.5. The fourth-order valence-electron chi connectivity index (χ4n) is 5.34. The van der Waals surface area contributed by atoms with E-state index in [4.69, 9.17) is 18.5 Å². The van der Waals surface area contributed by atoms with Crippen molar-refractivity contribution >= 4 is 19.8 Å².